The molecule has 6 nitrogen and oxygen atoms in total. The number of aromatic nitrogens is 2. The van der Waals surface area contributed by atoms with Gasteiger partial charge in [0.1, 0.15) is 6.10 Å². The van der Waals surface area contributed by atoms with E-state index in [1.165, 1.54) is 0 Å². The Hall–Kier alpha value is -2.34. The van der Waals surface area contributed by atoms with E-state index in [2.05, 4.69) is 15.3 Å². The first-order valence-electron chi connectivity index (χ1n) is 7.91. The Morgan fingerprint density at radius 3 is 2.79 bits per heavy atom. The van der Waals surface area contributed by atoms with Crippen molar-refractivity contribution in [3.63, 3.8) is 0 Å². The minimum atomic E-state index is -0.0905. The lowest BCUT2D eigenvalue weighted by Gasteiger charge is -2.32. The van der Waals surface area contributed by atoms with Crippen LogP contribution in [-0.2, 0) is 6.54 Å². The molecule has 3 rings (SSSR count). The molecule has 1 aromatic heterocycles. The number of nitrogens with one attached hydrogen (secondary N) is 1. The highest BCUT2D eigenvalue weighted by Gasteiger charge is 2.25. The molecule has 1 aromatic carbocycles. The number of likely N-dealkylation sites (tertiary alicyclic amines) is 1. The van der Waals surface area contributed by atoms with Crippen LogP contribution in [0.25, 0.3) is 0 Å². The third-order valence-electron chi connectivity index (χ3n) is 3.84. The molecular weight excluding hydrogens is 328 g/mol. The van der Waals surface area contributed by atoms with E-state index in [-0.39, 0.29) is 12.1 Å². The quantitative estimate of drug-likeness (QED) is 0.924. The molecule has 1 aliphatic rings. The molecule has 2 amide bonds. The van der Waals surface area contributed by atoms with Crippen molar-refractivity contribution >= 4 is 17.6 Å². The zero-order valence-corrected chi connectivity index (χ0v) is 13.9. The maximum Gasteiger partial charge on any atom is 0.317 e. The number of urea groups is 1. The number of rotatable bonds is 4. The molecule has 0 radical (unpaired) electrons. The summed E-state index contributed by atoms with van der Waals surface area (Å²) in [7, 11) is 0. The van der Waals surface area contributed by atoms with Crippen LogP contribution in [0.5, 0.6) is 6.01 Å². The number of piperidine rings is 1. The van der Waals surface area contributed by atoms with Crippen LogP contribution >= 0.6 is 11.6 Å². The highest BCUT2D eigenvalue weighted by molar-refractivity contribution is 6.30. The van der Waals surface area contributed by atoms with Gasteiger partial charge < -0.3 is 15.0 Å². The smallest absolute Gasteiger partial charge is 0.317 e. The van der Waals surface area contributed by atoms with Gasteiger partial charge in [-0.05, 0) is 36.6 Å². The van der Waals surface area contributed by atoms with Gasteiger partial charge in [-0.1, -0.05) is 23.7 Å². The molecule has 2 aromatic rings. The second-order valence-corrected chi connectivity index (χ2v) is 6.08. The van der Waals surface area contributed by atoms with Crippen LogP contribution in [0.4, 0.5) is 4.79 Å². The molecule has 1 fully saturated rings. The fourth-order valence-electron chi connectivity index (χ4n) is 2.61. The molecule has 2 heterocycles. The van der Waals surface area contributed by atoms with E-state index in [1.54, 1.807) is 23.4 Å². The van der Waals surface area contributed by atoms with Crippen molar-refractivity contribution in [3.8, 4) is 6.01 Å². The average Bonchev–Trinajstić information content (AvgIpc) is 2.62. The van der Waals surface area contributed by atoms with Gasteiger partial charge in [0.2, 0.25) is 0 Å². The Balaban J connectivity index is 1.50. The molecule has 1 atom stereocenters. The van der Waals surface area contributed by atoms with Crippen molar-refractivity contribution in [1.82, 2.24) is 20.2 Å². The summed E-state index contributed by atoms with van der Waals surface area (Å²) < 4.78 is 5.75. The molecule has 7 heteroatoms. The molecule has 0 spiro atoms. The lowest BCUT2D eigenvalue weighted by Crippen LogP contribution is -2.48. The van der Waals surface area contributed by atoms with Crippen molar-refractivity contribution < 1.29 is 9.53 Å². The summed E-state index contributed by atoms with van der Waals surface area (Å²) in [5.74, 6) is 0. The maximum atomic E-state index is 12.3. The second-order valence-electron chi connectivity index (χ2n) is 5.64. The first-order chi connectivity index (χ1) is 11.7. The molecule has 0 saturated carbocycles. The molecule has 1 saturated heterocycles. The maximum absolute atomic E-state index is 12.3. The number of carbonyl (C=O) groups excluding carboxylic acids is 1. The number of benzene rings is 1. The molecule has 24 heavy (non-hydrogen) atoms. The zero-order chi connectivity index (χ0) is 16.8. The van der Waals surface area contributed by atoms with Crippen LogP contribution in [0.3, 0.4) is 0 Å². The number of amides is 2. The monoisotopic (exact) mass is 346 g/mol. The lowest BCUT2D eigenvalue weighted by atomic mass is 10.1. The summed E-state index contributed by atoms with van der Waals surface area (Å²) in [4.78, 5) is 22.2. The van der Waals surface area contributed by atoms with E-state index in [9.17, 15) is 4.79 Å². The predicted molar refractivity (Wildman–Crippen MR) is 90.9 cm³/mol. The fourth-order valence-corrected chi connectivity index (χ4v) is 2.73. The lowest BCUT2D eigenvalue weighted by molar-refractivity contribution is 0.0938. The van der Waals surface area contributed by atoms with Gasteiger partial charge in [0.25, 0.3) is 0 Å². The van der Waals surface area contributed by atoms with Crippen molar-refractivity contribution in [1.29, 1.82) is 0 Å². The Bertz CT molecular complexity index is 666. The molecular formula is C17H19ClN4O2. The summed E-state index contributed by atoms with van der Waals surface area (Å²) in [5.41, 5.74) is 1.01. The molecule has 0 unspecified atom stereocenters. The normalized spacial score (nSPS) is 17.4. The molecule has 0 aliphatic carbocycles. The van der Waals surface area contributed by atoms with Crippen LogP contribution in [0, 0.1) is 0 Å². The average molecular weight is 347 g/mol. The Kier molecular flexibility index (Phi) is 5.48. The number of hydrogen-bond donors (Lipinski definition) is 1. The van der Waals surface area contributed by atoms with Gasteiger partial charge in [-0.25, -0.2) is 14.8 Å². The van der Waals surface area contributed by atoms with E-state index in [1.807, 2.05) is 24.3 Å². The van der Waals surface area contributed by atoms with Gasteiger partial charge in [0.15, 0.2) is 0 Å². The van der Waals surface area contributed by atoms with Gasteiger partial charge >= 0.3 is 12.0 Å². The fraction of sp³-hybridized carbons (Fsp3) is 0.353. The highest BCUT2D eigenvalue weighted by atomic mass is 35.5. The molecule has 126 valence electrons. The van der Waals surface area contributed by atoms with E-state index >= 15 is 0 Å². The minimum Gasteiger partial charge on any atom is -0.458 e. The van der Waals surface area contributed by atoms with E-state index in [0.29, 0.717) is 24.1 Å². The van der Waals surface area contributed by atoms with Crippen LogP contribution in [0.1, 0.15) is 18.4 Å². The Morgan fingerprint density at radius 2 is 2.04 bits per heavy atom. The van der Waals surface area contributed by atoms with Gasteiger partial charge in [-0.3, -0.25) is 0 Å². The predicted octanol–water partition coefficient (Wildman–Crippen LogP) is 2.88. The van der Waals surface area contributed by atoms with E-state index in [0.717, 1.165) is 24.9 Å². The summed E-state index contributed by atoms with van der Waals surface area (Å²) in [6, 6.07) is 9.43. The summed E-state index contributed by atoms with van der Waals surface area (Å²) in [6.07, 6.45) is 4.98. The number of carbonyl (C=O) groups is 1. The number of halogens is 1. The third-order valence-corrected chi connectivity index (χ3v) is 4.09. The van der Waals surface area contributed by atoms with E-state index in [4.69, 9.17) is 16.3 Å². The Morgan fingerprint density at radius 1 is 1.29 bits per heavy atom. The van der Waals surface area contributed by atoms with Crippen molar-refractivity contribution in [2.75, 3.05) is 13.1 Å². The van der Waals surface area contributed by atoms with Crippen LogP contribution < -0.4 is 10.1 Å². The molecule has 1 aliphatic heterocycles. The SMILES string of the molecule is O=C(NCc1ccc(Cl)cc1)N1CCC[C@@H](Oc2ncccn2)C1. The first kappa shape index (κ1) is 16.5. The van der Waals surface area contributed by atoms with Gasteiger partial charge in [0, 0.05) is 30.5 Å². The highest BCUT2D eigenvalue weighted by Crippen LogP contribution is 2.15. The number of hydrogen-bond acceptors (Lipinski definition) is 4. The van der Waals surface area contributed by atoms with Crippen LogP contribution in [0.15, 0.2) is 42.7 Å². The third kappa shape index (κ3) is 4.58. The van der Waals surface area contributed by atoms with Crippen molar-refractivity contribution in [3.05, 3.63) is 53.3 Å². The summed E-state index contributed by atoms with van der Waals surface area (Å²) >= 11 is 5.86. The standard InChI is InChI=1S/C17H19ClN4O2/c18-14-6-4-13(5-7-14)11-21-17(23)22-10-1-3-15(12-22)24-16-19-8-2-9-20-16/h2,4-9,15H,1,3,10-12H2,(H,21,23)/t15-/m1/s1. The number of ether oxygens (including phenoxy) is 1. The molecule has 1 N–H and O–H groups in total. The minimum absolute atomic E-state index is 0.0811. The van der Waals surface area contributed by atoms with Crippen molar-refractivity contribution in [2.45, 2.75) is 25.5 Å². The second kappa shape index (κ2) is 7.97. The number of nitrogens with zero attached hydrogens (tertiary/aromatic N) is 3. The summed E-state index contributed by atoms with van der Waals surface area (Å²) in [5, 5.41) is 3.61. The van der Waals surface area contributed by atoms with Crippen molar-refractivity contribution in [2.24, 2.45) is 0 Å². The largest absolute Gasteiger partial charge is 0.458 e. The van der Waals surface area contributed by atoms with Gasteiger partial charge in [0.05, 0.1) is 6.54 Å². The van der Waals surface area contributed by atoms with Crippen LogP contribution in [0.2, 0.25) is 5.02 Å². The zero-order valence-electron chi connectivity index (χ0n) is 13.2. The van der Waals surface area contributed by atoms with Crippen LogP contribution in [-0.4, -0.2) is 40.1 Å². The Labute approximate surface area is 145 Å². The van der Waals surface area contributed by atoms with Gasteiger partial charge in [-0.2, -0.15) is 0 Å². The van der Waals surface area contributed by atoms with E-state index < -0.39 is 0 Å². The van der Waals surface area contributed by atoms with Gasteiger partial charge in [-0.15, -0.1) is 0 Å². The first-order valence-corrected chi connectivity index (χ1v) is 8.29. The topological polar surface area (TPSA) is 67.4 Å². The summed E-state index contributed by atoms with van der Waals surface area (Å²) in [6.45, 7) is 1.73. The molecule has 0 bridgehead atoms.